The lowest BCUT2D eigenvalue weighted by molar-refractivity contribution is -0.121. The third kappa shape index (κ3) is 4.46. The molecule has 0 radical (unpaired) electrons. The van der Waals surface area contributed by atoms with Gasteiger partial charge in [-0.1, -0.05) is 11.3 Å². The molecule has 1 fully saturated rings. The Morgan fingerprint density at radius 1 is 1.38 bits per heavy atom. The predicted octanol–water partition coefficient (Wildman–Crippen LogP) is 1.21. The number of anilines is 2. The van der Waals surface area contributed by atoms with E-state index in [4.69, 9.17) is 5.73 Å². The number of carbonyl (C=O) groups excluding carboxylic acids is 2. The van der Waals surface area contributed by atoms with Crippen LogP contribution in [0.3, 0.4) is 0 Å². The summed E-state index contributed by atoms with van der Waals surface area (Å²) in [5.41, 5.74) is 6.79. The maximum absolute atomic E-state index is 12.6. The van der Waals surface area contributed by atoms with Crippen LogP contribution in [0.25, 0.3) is 10.6 Å². The number of hydrogen-bond donors (Lipinski definition) is 3. The van der Waals surface area contributed by atoms with E-state index in [-0.39, 0.29) is 13.0 Å². The molecule has 10 nitrogen and oxygen atoms in total. The summed E-state index contributed by atoms with van der Waals surface area (Å²) < 4.78 is 0. The van der Waals surface area contributed by atoms with Gasteiger partial charge >= 0.3 is 6.03 Å². The summed E-state index contributed by atoms with van der Waals surface area (Å²) in [5, 5.41) is 12.9. The van der Waals surface area contributed by atoms with E-state index < -0.39 is 24.1 Å². The zero-order valence-corrected chi connectivity index (χ0v) is 17.4. The number of aromatic nitrogens is 3. The number of aryl methyl sites for hydroxylation is 1. The van der Waals surface area contributed by atoms with Gasteiger partial charge in [0.2, 0.25) is 11.9 Å². The number of thiazole rings is 1. The zero-order chi connectivity index (χ0) is 21.1. The summed E-state index contributed by atoms with van der Waals surface area (Å²) in [6.07, 6.45) is 1.07. The number of primary amides is 1. The van der Waals surface area contributed by atoms with Crippen LogP contribution < -0.4 is 16.0 Å². The van der Waals surface area contributed by atoms with Crippen LogP contribution in [-0.2, 0) is 4.79 Å². The molecule has 0 saturated carbocycles. The molecule has 0 aliphatic carbocycles. The molecule has 156 valence electrons. The molecule has 11 heteroatoms. The van der Waals surface area contributed by atoms with Crippen LogP contribution >= 0.6 is 11.3 Å². The lowest BCUT2D eigenvalue weighted by Gasteiger charge is -2.21. The molecule has 29 heavy (non-hydrogen) atoms. The van der Waals surface area contributed by atoms with Gasteiger partial charge in [0.15, 0.2) is 5.13 Å². The lowest BCUT2D eigenvalue weighted by Crippen LogP contribution is -2.45. The fraction of sp³-hybridized carbons (Fsp3) is 0.500. The second kappa shape index (κ2) is 8.70. The Bertz CT molecular complexity index is 899. The molecule has 3 amide bonds. The normalized spacial score (nSPS) is 18.7. The van der Waals surface area contributed by atoms with E-state index in [0.29, 0.717) is 11.1 Å². The molecule has 1 aliphatic heterocycles. The van der Waals surface area contributed by atoms with E-state index in [1.165, 1.54) is 16.2 Å². The molecule has 4 N–H and O–H groups in total. The van der Waals surface area contributed by atoms with Crippen LogP contribution in [0.2, 0.25) is 0 Å². The standard InChI is InChI=1S/C18H25N7O3S/c1-4-24(5-2)16-20-7-6-12(22-16)14-10(3)21-17(29-14)23-18(28)25-9-11(26)8-13(25)15(19)27/h6-7,11,13,26H,4-5,8-9H2,1-3H3,(H2,19,27)(H,21,23,28)/t11-,13-/m0/s1. The van der Waals surface area contributed by atoms with Gasteiger partial charge in [0, 0.05) is 32.3 Å². The average Bonchev–Trinajstić information content (AvgIpc) is 3.26. The third-order valence-electron chi connectivity index (χ3n) is 4.80. The molecule has 0 unspecified atom stereocenters. The number of nitrogens with one attached hydrogen (secondary N) is 1. The summed E-state index contributed by atoms with van der Waals surface area (Å²) in [5.74, 6) is -0.00105. The lowest BCUT2D eigenvalue weighted by atomic mass is 10.2. The van der Waals surface area contributed by atoms with Gasteiger partial charge in [-0.05, 0) is 26.8 Å². The molecule has 1 aliphatic rings. The van der Waals surface area contributed by atoms with E-state index in [0.717, 1.165) is 29.4 Å². The highest BCUT2D eigenvalue weighted by Crippen LogP contribution is 2.32. The van der Waals surface area contributed by atoms with Crippen LogP contribution in [0.4, 0.5) is 15.9 Å². The monoisotopic (exact) mass is 419 g/mol. The van der Waals surface area contributed by atoms with Crippen LogP contribution in [0, 0.1) is 6.92 Å². The van der Waals surface area contributed by atoms with Crippen molar-refractivity contribution in [2.24, 2.45) is 5.73 Å². The van der Waals surface area contributed by atoms with Crippen molar-refractivity contribution in [2.45, 2.75) is 39.3 Å². The second-order valence-corrected chi connectivity index (χ2v) is 7.74. The SMILES string of the molecule is CCN(CC)c1nccc(-c2sc(NC(=O)N3C[C@@H](O)C[C@H]3C(N)=O)nc2C)n1. The number of hydrogen-bond acceptors (Lipinski definition) is 8. The van der Waals surface area contributed by atoms with Crippen LogP contribution in [0.5, 0.6) is 0 Å². The summed E-state index contributed by atoms with van der Waals surface area (Å²) in [4.78, 5) is 41.6. The van der Waals surface area contributed by atoms with Crippen molar-refractivity contribution >= 4 is 34.4 Å². The minimum absolute atomic E-state index is 0.0514. The molecule has 0 bridgehead atoms. The van der Waals surface area contributed by atoms with E-state index in [1.807, 2.05) is 25.7 Å². The Hall–Kier alpha value is -2.79. The first-order valence-corrected chi connectivity index (χ1v) is 10.3. The molecule has 3 rings (SSSR count). The second-order valence-electron chi connectivity index (χ2n) is 6.74. The molecule has 0 spiro atoms. The van der Waals surface area contributed by atoms with Gasteiger partial charge in [-0.3, -0.25) is 10.1 Å². The fourth-order valence-electron chi connectivity index (χ4n) is 3.29. The number of β-amino-alcohol motifs (C(OH)–C–C–N with tert-alkyl or cyclic N) is 1. The van der Waals surface area contributed by atoms with Crippen molar-refractivity contribution < 1.29 is 14.7 Å². The highest BCUT2D eigenvalue weighted by Gasteiger charge is 2.38. The van der Waals surface area contributed by atoms with Crippen molar-refractivity contribution in [3.63, 3.8) is 0 Å². The molecule has 2 aromatic heterocycles. The maximum Gasteiger partial charge on any atom is 0.324 e. The topological polar surface area (TPSA) is 138 Å². The van der Waals surface area contributed by atoms with Crippen molar-refractivity contribution in [2.75, 3.05) is 29.9 Å². The quantitative estimate of drug-likeness (QED) is 0.640. The van der Waals surface area contributed by atoms with Crippen molar-refractivity contribution in [1.82, 2.24) is 19.9 Å². The summed E-state index contributed by atoms with van der Waals surface area (Å²) in [6, 6.07) is 0.459. The first-order chi connectivity index (χ1) is 13.8. The zero-order valence-electron chi connectivity index (χ0n) is 16.6. The molecule has 3 heterocycles. The smallest absolute Gasteiger partial charge is 0.324 e. The van der Waals surface area contributed by atoms with Crippen molar-refractivity contribution in [3.8, 4) is 10.6 Å². The highest BCUT2D eigenvalue weighted by atomic mass is 32.1. The number of nitrogens with two attached hydrogens (primary N) is 1. The van der Waals surface area contributed by atoms with E-state index in [1.54, 1.807) is 12.3 Å². The highest BCUT2D eigenvalue weighted by molar-refractivity contribution is 7.19. The minimum atomic E-state index is -0.830. The molecule has 2 aromatic rings. The fourth-order valence-corrected chi connectivity index (χ4v) is 4.22. The number of nitrogens with zero attached hydrogens (tertiary/aromatic N) is 5. The summed E-state index contributed by atoms with van der Waals surface area (Å²) in [7, 11) is 0. The first kappa shape index (κ1) is 20.9. The summed E-state index contributed by atoms with van der Waals surface area (Å²) in [6.45, 7) is 7.57. The van der Waals surface area contributed by atoms with E-state index in [2.05, 4.69) is 20.3 Å². The number of carbonyl (C=O) groups is 2. The number of aliphatic hydroxyl groups excluding tert-OH is 1. The average molecular weight is 420 g/mol. The van der Waals surface area contributed by atoms with Gasteiger partial charge in [0.05, 0.1) is 22.4 Å². The van der Waals surface area contributed by atoms with Gasteiger partial charge in [-0.15, -0.1) is 0 Å². The first-order valence-electron chi connectivity index (χ1n) is 9.44. The Morgan fingerprint density at radius 2 is 2.10 bits per heavy atom. The Morgan fingerprint density at radius 3 is 2.76 bits per heavy atom. The predicted molar refractivity (Wildman–Crippen MR) is 111 cm³/mol. The van der Waals surface area contributed by atoms with Crippen molar-refractivity contribution in [3.05, 3.63) is 18.0 Å². The number of aliphatic hydroxyl groups is 1. The Kier molecular flexibility index (Phi) is 6.28. The molecular formula is C18H25N7O3S. The van der Waals surface area contributed by atoms with Crippen LogP contribution in [0.15, 0.2) is 12.3 Å². The van der Waals surface area contributed by atoms with Gasteiger partial charge < -0.3 is 20.6 Å². The minimum Gasteiger partial charge on any atom is -0.391 e. The molecular weight excluding hydrogens is 394 g/mol. The summed E-state index contributed by atoms with van der Waals surface area (Å²) >= 11 is 1.29. The number of amides is 3. The van der Waals surface area contributed by atoms with Crippen molar-refractivity contribution in [1.29, 1.82) is 0 Å². The number of likely N-dealkylation sites (tertiary alicyclic amines) is 1. The third-order valence-corrected chi connectivity index (χ3v) is 5.90. The maximum atomic E-state index is 12.6. The Balaban J connectivity index is 1.80. The molecule has 1 saturated heterocycles. The Labute approximate surface area is 172 Å². The van der Waals surface area contributed by atoms with Gasteiger partial charge in [-0.25, -0.2) is 19.7 Å². The number of rotatable bonds is 6. The van der Waals surface area contributed by atoms with Gasteiger partial charge in [0.25, 0.3) is 0 Å². The molecule has 2 atom stereocenters. The largest absolute Gasteiger partial charge is 0.391 e. The molecule has 0 aromatic carbocycles. The van der Waals surface area contributed by atoms with E-state index in [9.17, 15) is 14.7 Å². The van der Waals surface area contributed by atoms with E-state index >= 15 is 0 Å². The van der Waals surface area contributed by atoms with Crippen LogP contribution in [0.1, 0.15) is 26.0 Å². The van der Waals surface area contributed by atoms with Gasteiger partial charge in [-0.2, -0.15) is 0 Å². The van der Waals surface area contributed by atoms with Crippen LogP contribution in [-0.4, -0.2) is 68.7 Å². The number of urea groups is 1. The van der Waals surface area contributed by atoms with Gasteiger partial charge in [0.1, 0.15) is 6.04 Å².